The topological polar surface area (TPSA) is 67.9 Å². The molecule has 0 aromatic heterocycles. The van der Waals surface area contributed by atoms with Crippen molar-refractivity contribution in [2.45, 2.75) is 6.92 Å². The van der Waals surface area contributed by atoms with Crippen molar-refractivity contribution in [3.05, 3.63) is 77.4 Å². The molecule has 0 saturated heterocycles. The number of nitrogens with zero attached hydrogens (tertiary/aromatic N) is 1. The maximum atomic E-state index is 13.0. The Morgan fingerprint density at radius 1 is 1.03 bits per heavy atom. The molecule has 2 amide bonds. The number of carbonyl (C=O) groups excluding carboxylic acids is 2. The third-order valence-corrected chi connectivity index (χ3v) is 4.82. The molecule has 0 fully saturated rings. The molecule has 0 unspecified atom stereocenters. The lowest BCUT2D eigenvalue weighted by molar-refractivity contribution is 0.0989. The number of anilines is 2. The smallest absolute Gasteiger partial charge is 0.261 e. The van der Waals surface area contributed by atoms with Crippen molar-refractivity contribution < 1.29 is 19.1 Å². The monoisotopic (exact) mass is 388 g/mol. The average Bonchev–Trinajstić information content (AvgIpc) is 2.83. The van der Waals surface area contributed by atoms with Crippen LogP contribution >= 0.6 is 0 Å². The lowest BCUT2D eigenvalue weighted by Crippen LogP contribution is -2.25. The van der Waals surface area contributed by atoms with E-state index in [4.69, 9.17) is 9.47 Å². The molecule has 0 atom stereocenters. The van der Waals surface area contributed by atoms with E-state index in [1.807, 2.05) is 25.1 Å². The van der Waals surface area contributed by atoms with Crippen LogP contribution in [-0.2, 0) is 0 Å². The van der Waals surface area contributed by atoms with Crippen LogP contribution in [0.3, 0.4) is 0 Å². The van der Waals surface area contributed by atoms with Crippen molar-refractivity contribution in [1.29, 1.82) is 0 Å². The Morgan fingerprint density at radius 3 is 2.59 bits per heavy atom. The molecule has 29 heavy (non-hydrogen) atoms. The maximum Gasteiger partial charge on any atom is 0.261 e. The third kappa shape index (κ3) is 3.40. The molecular formula is C23H20N2O4. The van der Waals surface area contributed by atoms with Gasteiger partial charge in [0.1, 0.15) is 11.5 Å². The highest BCUT2D eigenvalue weighted by molar-refractivity contribution is 6.11. The maximum absolute atomic E-state index is 13.0. The quantitative estimate of drug-likeness (QED) is 0.710. The summed E-state index contributed by atoms with van der Waals surface area (Å²) in [7, 11) is 3.22. The zero-order valence-corrected chi connectivity index (χ0v) is 16.4. The first-order valence-corrected chi connectivity index (χ1v) is 9.13. The predicted molar refractivity (Wildman–Crippen MR) is 111 cm³/mol. The Balaban J connectivity index is 1.67. The highest BCUT2D eigenvalue weighted by Crippen LogP contribution is 2.39. The molecule has 6 heteroatoms. The molecule has 0 spiro atoms. The van der Waals surface area contributed by atoms with Gasteiger partial charge in [-0.3, -0.25) is 9.59 Å². The Morgan fingerprint density at radius 2 is 1.79 bits per heavy atom. The second kappa shape index (κ2) is 7.31. The molecule has 3 aromatic rings. The number of methoxy groups -OCH3 is 1. The van der Waals surface area contributed by atoms with Crippen molar-refractivity contribution in [3.63, 3.8) is 0 Å². The average molecular weight is 388 g/mol. The van der Waals surface area contributed by atoms with Crippen LogP contribution in [0.1, 0.15) is 26.3 Å². The number of rotatable bonds is 3. The van der Waals surface area contributed by atoms with Gasteiger partial charge in [0.25, 0.3) is 11.8 Å². The molecule has 3 aromatic carbocycles. The molecule has 1 aliphatic heterocycles. The summed E-state index contributed by atoms with van der Waals surface area (Å²) in [6.07, 6.45) is 0. The van der Waals surface area contributed by atoms with E-state index in [1.54, 1.807) is 54.4 Å². The van der Waals surface area contributed by atoms with Gasteiger partial charge >= 0.3 is 0 Å². The predicted octanol–water partition coefficient (Wildman–Crippen LogP) is 4.64. The second-order valence-electron chi connectivity index (χ2n) is 6.80. The summed E-state index contributed by atoms with van der Waals surface area (Å²) in [4.78, 5) is 27.3. The largest absolute Gasteiger partial charge is 0.496 e. The van der Waals surface area contributed by atoms with Crippen molar-refractivity contribution >= 4 is 23.2 Å². The molecule has 1 heterocycles. The molecule has 6 nitrogen and oxygen atoms in total. The highest BCUT2D eigenvalue weighted by atomic mass is 16.5. The summed E-state index contributed by atoms with van der Waals surface area (Å²) in [6, 6.07) is 17.7. The summed E-state index contributed by atoms with van der Waals surface area (Å²) in [5.41, 5.74) is 3.01. The van der Waals surface area contributed by atoms with Crippen molar-refractivity contribution in [2.24, 2.45) is 0 Å². The van der Waals surface area contributed by atoms with Crippen LogP contribution in [0.5, 0.6) is 17.2 Å². The van der Waals surface area contributed by atoms with Crippen molar-refractivity contribution in [3.8, 4) is 17.2 Å². The van der Waals surface area contributed by atoms with Gasteiger partial charge in [0.2, 0.25) is 0 Å². The van der Waals surface area contributed by atoms with E-state index in [9.17, 15) is 9.59 Å². The first kappa shape index (κ1) is 18.6. The number of fused-ring (bicyclic) bond motifs is 2. The number of carbonyl (C=O) groups is 2. The van der Waals surface area contributed by atoms with Gasteiger partial charge in [0.15, 0.2) is 5.75 Å². The van der Waals surface area contributed by atoms with Crippen LogP contribution in [0.4, 0.5) is 11.4 Å². The fourth-order valence-electron chi connectivity index (χ4n) is 3.28. The fraction of sp³-hybridized carbons (Fsp3) is 0.130. The van der Waals surface area contributed by atoms with Crippen molar-refractivity contribution in [1.82, 2.24) is 0 Å². The first-order valence-electron chi connectivity index (χ1n) is 9.13. The summed E-state index contributed by atoms with van der Waals surface area (Å²) >= 11 is 0. The van der Waals surface area contributed by atoms with Crippen LogP contribution in [-0.4, -0.2) is 26.0 Å². The number of aryl methyl sites for hydroxylation is 1. The molecule has 0 bridgehead atoms. The number of hydrogen-bond donors (Lipinski definition) is 1. The van der Waals surface area contributed by atoms with E-state index < -0.39 is 0 Å². The van der Waals surface area contributed by atoms with Crippen LogP contribution in [0.15, 0.2) is 60.7 Å². The molecule has 4 rings (SSSR count). The van der Waals surface area contributed by atoms with Crippen LogP contribution in [0.2, 0.25) is 0 Å². The van der Waals surface area contributed by atoms with Gasteiger partial charge in [-0.15, -0.1) is 0 Å². The van der Waals surface area contributed by atoms with Gasteiger partial charge in [0.05, 0.1) is 23.9 Å². The number of benzene rings is 3. The van der Waals surface area contributed by atoms with Gasteiger partial charge in [0, 0.05) is 12.7 Å². The van der Waals surface area contributed by atoms with E-state index in [0.717, 1.165) is 5.56 Å². The van der Waals surface area contributed by atoms with Crippen LogP contribution in [0, 0.1) is 6.92 Å². The van der Waals surface area contributed by atoms with Crippen molar-refractivity contribution in [2.75, 3.05) is 24.4 Å². The van der Waals surface area contributed by atoms with E-state index >= 15 is 0 Å². The fourth-order valence-corrected chi connectivity index (χ4v) is 3.28. The molecule has 0 saturated carbocycles. The van der Waals surface area contributed by atoms with Crippen LogP contribution < -0.4 is 19.7 Å². The Kier molecular flexibility index (Phi) is 4.68. The van der Waals surface area contributed by atoms with E-state index in [-0.39, 0.29) is 11.8 Å². The van der Waals surface area contributed by atoms with Gasteiger partial charge in [-0.1, -0.05) is 18.2 Å². The Hall–Kier alpha value is -3.80. The molecule has 0 radical (unpaired) electrons. The minimum atomic E-state index is -0.323. The Bertz CT molecular complexity index is 1120. The van der Waals surface area contributed by atoms with Crippen LogP contribution in [0.25, 0.3) is 0 Å². The lowest BCUT2D eigenvalue weighted by atomic mass is 10.1. The lowest BCUT2D eigenvalue weighted by Gasteiger charge is -2.17. The summed E-state index contributed by atoms with van der Waals surface area (Å²) in [6.45, 7) is 1.96. The molecule has 146 valence electrons. The second-order valence-corrected chi connectivity index (χ2v) is 6.80. The van der Waals surface area contributed by atoms with E-state index in [0.29, 0.717) is 39.8 Å². The molecule has 1 N–H and O–H groups in total. The Labute approximate surface area is 168 Å². The summed E-state index contributed by atoms with van der Waals surface area (Å²) in [5, 5.41) is 2.82. The summed E-state index contributed by atoms with van der Waals surface area (Å²) in [5.74, 6) is 0.995. The van der Waals surface area contributed by atoms with Gasteiger partial charge in [-0.25, -0.2) is 0 Å². The summed E-state index contributed by atoms with van der Waals surface area (Å²) < 4.78 is 11.2. The third-order valence-electron chi connectivity index (χ3n) is 4.82. The zero-order chi connectivity index (χ0) is 20.5. The van der Waals surface area contributed by atoms with Gasteiger partial charge < -0.3 is 19.7 Å². The van der Waals surface area contributed by atoms with Gasteiger partial charge in [-0.2, -0.15) is 0 Å². The molecular weight excluding hydrogens is 368 g/mol. The normalized spacial score (nSPS) is 12.4. The number of para-hydroxylation sites is 1. The molecule has 1 aliphatic rings. The van der Waals surface area contributed by atoms with E-state index in [1.165, 1.54) is 7.11 Å². The minimum Gasteiger partial charge on any atom is -0.496 e. The number of hydrogen-bond acceptors (Lipinski definition) is 4. The number of amides is 2. The number of nitrogens with one attached hydrogen (secondary N) is 1. The zero-order valence-electron chi connectivity index (χ0n) is 16.4. The minimum absolute atomic E-state index is 0.210. The SMILES string of the molecule is COc1ccccc1C(=O)Nc1ccc2c(c1)C(=O)N(C)c1cc(C)ccc1O2. The highest BCUT2D eigenvalue weighted by Gasteiger charge is 2.26. The molecule has 0 aliphatic carbocycles. The first-order chi connectivity index (χ1) is 14.0. The van der Waals surface area contributed by atoms with E-state index in [2.05, 4.69) is 5.32 Å². The number of ether oxygens (including phenoxy) is 2. The van der Waals surface area contributed by atoms with Gasteiger partial charge in [-0.05, 0) is 55.0 Å². The standard InChI is InChI=1S/C23H20N2O4/c1-14-8-10-21-18(12-14)25(2)23(27)17-13-15(9-11-20(17)29-21)24-22(26)16-6-4-5-7-19(16)28-3/h4-13H,1-3H3,(H,24,26).